The molecule has 0 aromatic heterocycles. The Bertz CT molecular complexity index is 1530. The number of carbonyl (C=O) groups is 1. The van der Waals surface area contributed by atoms with Gasteiger partial charge >= 0.3 is 0 Å². The summed E-state index contributed by atoms with van der Waals surface area (Å²) in [6.07, 6.45) is 109. The number of unbranched alkanes of at least 4 members (excludes halogenated alkanes) is 41. The third kappa shape index (κ3) is 67.8. The lowest BCUT2D eigenvalue weighted by Gasteiger charge is -2.22. The summed E-state index contributed by atoms with van der Waals surface area (Å²) in [5.74, 6) is -0.0312. The summed E-state index contributed by atoms with van der Waals surface area (Å²) in [5, 5.41) is 23.5. The molecule has 0 rings (SSSR count). The number of aliphatic hydroxyl groups excluding tert-OH is 2. The van der Waals surface area contributed by atoms with Crippen molar-refractivity contribution in [2.75, 3.05) is 6.61 Å². The van der Waals surface area contributed by atoms with Gasteiger partial charge in [0, 0.05) is 6.42 Å². The number of nitrogens with one attached hydrogen (secondary N) is 1. The summed E-state index contributed by atoms with van der Waals surface area (Å²) in [6.45, 7) is 4.27. The maximum Gasteiger partial charge on any atom is 0.220 e. The fourth-order valence-electron chi connectivity index (χ4n) is 10.9. The van der Waals surface area contributed by atoms with Crippen molar-refractivity contribution in [1.29, 1.82) is 0 Å². The Morgan fingerprint density at radius 1 is 0.305 bits per heavy atom. The summed E-state index contributed by atoms with van der Waals surface area (Å²) in [4.78, 5) is 12.6. The Hall–Kier alpha value is -2.95. The molecular weight excluding hydrogens is 999 g/mol. The lowest BCUT2D eigenvalue weighted by atomic mass is 10.0. The topological polar surface area (TPSA) is 69.6 Å². The number of rotatable bonds is 66. The van der Waals surface area contributed by atoms with Crippen LogP contribution in [-0.4, -0.2) is 34.9 Å². The normalized spacial score (nSPS) is 13.4. The van der Waals surface area contributed by atoms with E-state index in [-0.39, 0.29) is 12.5 Å². The second-order valence-corrected chi connectivity index (χ2v) is 24.3. The van der Waals surface area contributed by atoms with E-state index in [0.717, 1.165) is 83.5 Å². The van der Waals surface area contributed by atoms with Crippen LogP contribution >= 0.6 is 0 Å². The number of amides is 1. The molecule has 0 aliphatic heterocycles. The molecule has 4 nitrogen and oxygen atoms in total. The van der Waals surface area contributed by atoms with Gasteiger partial charge < -0.3 is 15.5 Å². The molecule has 0 saturated heterocycles. The molecule has 82 heavy (non-hydrogen) atoms. The van der Waals surface area contributed by atoms with E-state index in [9.17, 15) is 15.0 Å². The van der Waals surface area contributed by atoms with Crippen LogP contribution in [-0.2, 0) is 4.79 Å². The van der Waals surface area contributed by atoms with Crippen LogP contribution in [0, 0.1) is 0 Å². The molecule has 3 N–H and O–H groups in total. The van der Waals surface area contributed by atoms with Crippen molar-refractivity contribution in [3.05, 3.63) is 109 Å². The minimum Gasteiger partial charge on any atom is -0.394 e. The standard InChI is InChI=1S/C78H139NO3/c1-3-5-7-9-11-13-15-17-19-21-23-25-27-29-31-33-34-35-36-37-38-39-40-41-42-43-44-46-48-50-52-54-56-58-60-62-64-66-68-70-72-74-78(82)79-76(75-80)77(81)73-71-69-67-65-63-61-59-57-55-53-51-49-47-45-32-30-28-26-24-22-20-18-16-14-12-10-8-6-4-2/h5,7,11,13,17,19,23,25,29,31,34-35,37-38,40-41,43-44,76-77,80-81H,3-4,6,8-10,12,14-16,18,20-22,24,26-28,30,32-33,36,39,42,45-75H2,1-2H3,(H,79,82)/b7-5-,13-11-,19-17-,25-23-,31-29-,35-34-,38-37-,41-40-,44-43-. The van der Waals surface area contributed by atoms with Gasteiger partial charge in [0.2, 0.25) is 5.91 Å². The zero-order valence-electron chi connectivity index (χ0n) is 54.7. The summed E-state index contributed by atoms with van der Waals surface area (Å²) in [6, 6.07) is -0.545. The monoisotopic (exact) mass is 1140 g/mol. The molecule has 0 bridgehead atoms. The molecule has 4 heteroatoms. The summed E-state index contributed by atoms with van der Waals surface area (Å²) < 4.78 is 0. The highest BCUT2D eigenvalue weighted by atomic mass is 16.3. The minimum atomic E-state index is -0.667. The van der Waals surface area contributed by atoms with Crippen molar-refractivity contribution >= 4 is 5.91 Å². The van der Waals surface area contributed by atoms with E-state index in [4.69, 9.17) is 0 Å². The van der Waals surface area contributed by atoms with E-state index in [1.807, 2.05) is 0 Å². The fourth-order valence-corrected chi connectivity index (χ4v) is 10.9. The third-order valence-electron chi connectivity index (χ3n) is 16.3. The second-order valence-electron chi connectivity index (χ2n) is 24.3. The quantitative estimate of drug-likeness (QED) is 0.0420. The van der Waals surface area contributed by atoms with E-state index >= 15 is 0 Å². The van der Waals surface area contributed by atoms with Crippen LogP contribution in [0.15, 0.2) is 109 Å². The van der Waals surface area contributed by atoms with E-state index in [1.54, 1.807) is 0 Å². The highest BCUT2D eigenvalue weighted by Gasteiger charge is 2.20. The highest BCUT2D eigenvalue weighted by Crippen LogP contribution is 2.19. The van der Waals surface area contributed by atoms with Crippen LogP contribution in [0.25, 0.3) is 0 Å². The Morgan fingerprint density at radius 3 is 0.805 bits per heavy atom. The lowest BCUT2D eigenvalue weighted by Crippen LogP contribution is -2.45. The van der Waals surface area contributed by atoms with Crippen LogP contribution in [0.4, 0.5) is 0 Å². The Labute approximate surface area is 512 Å². The Kier molecular flexibility index (Phi) is 69.7. The Balaban J connectivity index is 3.49. The van der Waals surface area contributed by atoms with Crippen LogP contribution in [0.5, 0.6) is 0 Å². The van der Waals surface area contributed by atoms with Gasteiger partial charge in [-0.2, -0.15) is 0 Å². The highest BCUT2D eigenvalue weighted by molar-refractivity contribution is 5.76. The number of aliphatic hydroxyl groups is 2. The van der Waals surface area contributed by atoms with Crippen molar-refractivity contribution in [1.82, 2.24) is 5.32 Å². The largest absolute Gasteiger partial charge is 0.394 e. The zero-order chi connectivity index (χ0) is 59.1. The average Bonchev–Trinajstić information content (AvgIpc) is 3.50. The molecule has 0 aromatic rings. The molecule has 0 fully saturated rings. The minimum absolute atomic E-state index is 0.0312. The van der Waals surface area contributed by atoms with Gasteiger partial charge in [-0.15, -0.1) is 0 Å². The Morgan fingerprint density at radius 2 is 0.537 bits per heavy atom. The van der Waals surface area contributed by atoms with Gasteiger partial charge in [-0.05, 0) is 83.5 Å². The molecule has 0 saturated carbocycles. The molecule has 0 aliphatic rings. The number of hydrogen-bond acceptors (Lipinski definition) is 3. The maximum atomic E-state index is 12.6. The summed E-state index contributed by atoms with van der Waals surface area (Å²) >= 11 is 0. The van der Waals surface area contributed by atoms with Gasteiger partial charge in [-0.1, -0.05) is 380 Å². The van der Waals surface area contributed by atoms with Crippen molar-refractivity contribution < 1.29 is 15.0 Å². The predicted molar refractivity (Wildman–Crippen MR) is 368 cm³/mol. The predicted octanol–water partition coefficient (Wildman–Crippen LogP) is 24.9. The fraction of sp³-hybridized carbons (Fsp3) is 0.756. The van der Waals surface area contributed by atoms with Crippen LogP contribution in [0.1, 0.15) is 361 Å². The third-order valence-corrected chi connectivity index (χ3v) is 16.3. The van der Waals surface area contributed by atoms with Crippen LogP contribution in [0.2, 0.25) is 0 Å². The average molecular weight is 1140 g/mol. The molecule has 0 aliphatic carbocycles. The number of hydrogen-bond donors (Lipinski definition) is 3. The smallest absolute Gasteiger partial charge is 0.220 e. The molecule has 0 aromatic carbocycles. The first kappa shape index (κ1) is 79.0. The van der Waals surface area contributed by atoms with Crippen LogP contribution in [0.3, 0.4) is 0 Å². The first-order valence-corrected chi connectivity index (χ1v) is 36.1. The van der Waals surface area contributed by atoms with E-state index in [2.05, 4.69) is 129 Å². The summed E-state index contributed by atoms with van der Waals surface area (Å²) in [7, 11) is 0. The summed E-state index contributed by atoms with van der Waals surface area (Å²) in [5.41, 5.74) is 0. The molecule has 1 amide bonds. The zero-order valence-corrected chi connectivity index (χ0v) is 54.7. The van der Waals surface area contributed by atoms with Crippen LogP contribution < -0.4 is 5.32 Å². The van der Waals surface area contributed by atoms with Gasteiger partial charge in [0.15, 0.2) is 0 Å². The maximum absolute atomic E-state index is 12.6. The molecule has 2 unspecified atom stereocenters. The first-order chi connectivity index (χ1) is 40.7. The molecule has 2 atom stereocenters. The van der Waals surface area contributed by atoms with Crippen molar-refractivity contribution in [3.8, 4) is 0 Å². The van der Waals surface area contributed by atoms with Gasteiger partial charge in [0.1, 0.15) is 0 Å². The molecule has 0 radical (unpaired) electrons. The van der Waals surface area contributed by atoms with Crippen molar-refractivity contribution in [2.45, 2.75) is 373 Å². The molecule has 0 heterocycles. The van der Waals surface area contributed by atoms with E-state index in [0.29, 0.717) is 12.8 Å². The first-order valence-electron chi connectivity index (χ1n) is 36.1. The second kappa shape index (κ2) is 72.3. The van der Waals surface area contributed by atoms with Crippen molar-refractivity contribution in [2.24, 2.45) is 0 Å². The molecule has 0 spiro atoms. The lowest BCUT2D eigenvalue weighted by molar-refractivity contribution is -0.123. The molecular formula is C78H139NO3. The van der Waals surface area contributed by atoms with Crippen molar-refractivity contribution in [3.63, 3.8) is 0 Å². The number of carbonyl (C=O) groups excluding carboxylic acids is 1. The SMILES string of the molecule is CC/C=C\C/C=C\C/C=C\C/C=C\C/C=C\C/C=C\C/C=C\C/C=C\C/C=C\CCCCCCCCCCCCCCCC(=O)NC(CO)C(O)CCCCCCCCCCCCCCCCCCCCCCCCCCCCCCC. The van der Waals surface area contributed by atoms with E-state index in [1.165, 1.54) is 250 Å². The van der Waals surface area contributed by atoms with Gasteiger partial charge in [-0.25, -0.2) is 0 Å². The van der Waals surface area contributed by atoms with Gasteiger partial charge in [0.05, 0.1) is 18.8 Å². The van der Waals surface area contributed by atoms with E-state index < -0.39 is 12.1 Å². The van der Waals surface area contributed by atoms with Gasteiger partial charge in [-0.3, -0.25) is 4.79 Å². The molecule has 474 valence electrons. The number of allylic oxidation sites excluding steroid dienone is 18. The van der Waals surface area contributed by atoms with Gasteiger partial charge in [0.25, 0.3) is 0 Å².